The van der Waals surface area contributed by atoms with Gasteiger partial charge in [0, 0.05) is 17.1 Å². The normalized spacial score (nSPS) is 10.4. The number of ether oxygens (including phenoxy) is 2. The van der Waals surface area contributed by atoms with Crippen molar-refractivity contribution in [1.29, 1.82) is 0 Å². The first-order valence-electron chi connectivity index (χ1n) is 7.38. The van der Waals surface area contributed by atoms with Gasteiger partial charge in [0.25, 0.3) is 5.91 Å². The SMILES string of the molecule is COc1ccc(OC)c(-c2csc(NC(=O)c3cnc(C)cn3)n2)c1. The highest BCUT2D eigenvalue weighted by Crippen LogP contribution is 2.35. The summed E-state index contributed by atoms with van der Waals surface area (Å²) in [5.41, 5.74) is 2.46. The minimum absolute atomic E-state index is 0.237. The molecular formula is C17H16N4O3S. The second kappa shape index (κ2) is 7.27. The number of amides is 1. The third-order valence-electron chi connectivity index (χ3n) is 3.42. The first kappa shape index (κ1) is 16.8. The Hall–Kier alpha value is -3.00. The highest BCUT2D eigenvalue weighted by atomic mass is 32.1. The van der Waals surface area contributed by atoms with Crippen LogP contribution in [0.5, 0.6) is 11.5 Å². The first-order valence-corrected chi connectivity index (χ1v) is 8.26. The molecule has 0 unspecified atom stereocenters. The van der Waals surface area contributed by atoms with Crippen LogP contribution in [0.2, 0.25) is 0 Å². The summed E-state index contributed by atoms with van der Waals surface area (Å²) in [4.78, 5) is 24.8. The van der Waals surface area contributed by atoms with Crippen LogP contribution in [0.4, 0.5) is 5.13 Å². The third kappa shape index (κ3) is 3.74. The molecule has 0 fully saturated rings. The predicted octanol–water partition coefficient (Wildman–Crippen LogP) is 3.18. The highest BCUT2D eigenvalue weighted by molar-refractivity contribution is 7.14. The summed E-state index contributed by atoms with van der Waals surface area (Å²) in [6.45, 7) is 1.81. The van der Waals surface area contributed by atoms with E-state index in [9.17, 15) is 4.79 Å². The number of anilines is 1. The Labute approximate surface area is 148 Å². The van der Waals surface area contributed by atoms with E-state index in [1.807, 2.05) is 30.5 Å². The van der Waals surface area contributed by atoms with Crippen LogP contribution in [-0.2, 0) is 0 Å². The first-order chi connectivity index (χ1) is 12.1. The molecule has 0 bridgehead atoms. The number of nitrogens with zero attached hydrogens (tertiary/aromatic N) is 3. The number of aryl methyl sites for hydroxylation is 1. The molecular weight excluding hydrogens is 340 g/mol. The molecule has 1 N–H and O–H groups in total. The molecule has 3 rings (SSSR count). The lowest BCUT2D eigenvalue weighted by atomic mass is 10.1. The smallest absolute Gasteiger partial charge is 0.277 e. The standard InChI is InChI=1S/C17H16N4O3S/c1-10-7-19-13(8-18-10)16(22)21-17-20-14(9-25-17)12-6-11(23-2)4-5-15(12)24-3/h4-9H,1-3H3,(H,20,21,22). The summed E-state index contributed by atoms with van der Waals surface area (Å²) in [5, 5.41) is 5.03. The fraction of sp³-hybridized carbons (Fsp3) is 0.176. The van der Waals surface area contributed by atoms with Crippen LogP contribution in [0.1, 0.15) is 16.2 Å². The average molecular weight is 356 g/mol. The number of thiazole rings is 1. The van der Waals surface area contributed by atoms with Crippen LogP contribution in [0.3, 0.4) is 0 Å². The van der Waals surface area contributed by atoms with Gasteiger partial charge in [0.05, 0.1) is 31.8 Å². The van der Waals surface area contributed by atoms with Crippen LogP contribution < -0.4 is 14.8 Å². The van der Waals surface area contributed by atoms with Gasteiger partial charge < -0.3 is 9.47 Å². The van der Waals surface area contributed by atoms with E-state index in [4.69, 9.17) is 9.47 Å². The zero-order valence-electron chi connectivity index (χ0n) is 13.9. The topological polar surface area (TPSA) is 86.2 Å². The number of hydrogen-bond donors (Lipinski definition) is 1. The fourth-order valence-electron chi connectivity index (χ4n) is 2.14. The van der Waals surface area contributed by atoms with Crippen LogP contribution in [0.15, 0.2) is 36.0 Å². The van der Waals surface area contributed by atoms with E-state index >= 15 is 0 Å². The molecule has 0 aliphatic heterocycles. The number of aromatic nitrogens is 3. The molecule has 0 saturated heterocycles. The maximum absolute atomic E-state index is 12.2. The number of nitrogens with one attached hydrogen (secondary N) is 1. The van der Waals surface area contributed by atoms with E-state index in [1.54, 1.807) is 20.4 Å². The molecule has 0 atom stereocenters. The van der Waals surface area contributed by atoms with Gasteiger partial charge in [-0.25, -0.2) is 9.97 Å². The van der Waals surface area contributed by atoms with Gasteiger partial charge in [0.15, 0.2) is 5.13 Å². The molecule has 2 aromatic heterocycles. The molecule has 25 heavy (non-hydrogen) atoms. The van der Waals surface area contributed by atoms with Crippen molar-refractivity contribution in [2.45, 2.75) is 6.92 Å². The van der Waals surface area contributed by atoms with E-state index in [1.165, 1.54) is 17.5 Å². The Bertz CT molecular complexity index is 893. The van der Waals surface area contributed by atoms with Crippen molar-refractivity contribution in [2.24, 2.45) is 0 Å². The molecule has 0 aliphatic carbocycles. The molecule has 0 spiro atoms. The minimum atomic E-state index is -0.356. The quantitative estimate of drug-likeness (QED) is 0.756. The van der Waals surface area contributed by atoms with Crippen molar-refractivity contribution in [2.75, 3.05) is 19.5 Å². The van der Waals surface area contributed by atoms with Gasteiger partial charge in [-0.3, -0.25) is 15.1 Å². The lowest BCUT2D eigenvalue weighted by Crippen LogP contribution is -2.14. The molecule has 128 valence electrons. The molecule has 3 aromatic rings. The fourth-order valence-corrected chi connectivity index (χ4v) is 2.85. The number of hydrogen-bond acceptors (Lipinski definition) is 7. The van der Waals surface area contributed by atoms with E-state index in [0.29, 0.717) is 22.3 Å². The van der Waals surface area contributed by atoms with E-state index in [-0.39, 0.29) is 11.6 Å². The zero-order chi connectivity index (χ0) is 17.8. The van der Waals surface area contributed by atoms with Crippen molar-refractivity contribution in [3.8, 4) is 22.8 Å². The van der Waals surface area contributed by atoms with Gasteiger partial charge in [-0.05, 0) is 25.1 Å². The van der Waals surface area contributed by atoms with Crippen LogP contribution in [-0.4, -0.2) is 35.1 Å². The van der Waals surface area contributed by atoms with Gasteiger partial charge in [0.1, 0.15) is 17.2 Å². The van der Waals surface area contributed by atoms with Gasteiger partial charge in [-0.15, -0.1) is 11.3 Å². The number of benzene rings is 1. The average Bonchev–Trinajstić information content (AvgIpc) is 3.10. The van der Waals surface area contributed by atoms with Crippen molar-refractivity contribution < 1.29 is 14.3 Å². The maximum atomic E-state index is 12.2. The molecule has 7 nitrogen and oxygen atoms in total. The number of carbonyl (C=O) groups excluding carboxylic acids is 1. The Morgan fingerprint density at radius 1 is 1.16 bits per heavy atom. The Morgan fingerprint density at radius 3 is 2.68 bits per heavy atom. The monoisotopic (exact) mass is 356 g/mol. The van der Waals surface area contributed by atoms with Crippen molar-refractivity contribution in [3.05, 3.63) is 47.4 Å². The molecule has 0 radical (unpaired) electrons. The van der Waals surface area contributed by atoms with Gasteiger partial charge in [0.2, 0.25) is 0 Å². The van der Waals surface area contributed by atoms with E-state index in [0.717, 1.165) is 11.3 Å². The van der Waals surface area contributed by atoms with Gasteiger partial charge in [-0.1, -0.05) is 0 Å². The van der Waals surface area contributed by atoms with Crippen molar-refractivity contribution in [3.63, 3.8) is 0 Å². The van der Waals surface area contributed by atoms with Crippen molar-refractivity contribution in [1.82, 2.24) is 15.0 Å². The van der Waals surface area contributed by atoms with E-state index in [2.05, 4.69) is 20.3 Å². The summed E-state index contributed by atoms with van der Waals surface area (Å²) < 4.78 is 10.6. The van der Waals surface area contributed by atoms with Crippen LogP contribution in [0.25, 0.3) is 11.3 Å². The molecule has 2 heterocycles. The van der Waals surface area contributed by atoms with Crippen LogP contribution >= 0.6 is 11.3 Å². The highest BCUT2D eigenvalue weighted by Gasteiger charge is 2.14. The lowest BCUT2D eigenvalue weighted by Gasteiger charge is -2.08. The zero-order valence-corrected chi connectivity index (χ0v) is 14.8. The predicted molar refractivity (Wildman–Crippen MR) is 95.4 cm³/mol. The third-order valence-corrected chi connectivity index (χ3v) is 4.18. The number of methoxy groups -OCH3 is 2. The molecule has 0 saturated carbocycles. The second-order valence-electron chi connectivity index (χ2n) is 5.10. The molecule has 0 aliphatic rings. The molecule has 1 amide bonds. The second-order valence-corrected chi connectivity index (χ2v) is 5.96. The number of carbonyl (C=O) groups is 1. The van der Waals surface area contributed by atoms with Gasteiger partial charge >= 0.3 is 0 Å². The molecule has 1 aromatic carbocycles. The van der Waals surface area contributed by atoms with Crippen molar-refractivity contribution >= 4 is 22.4 Å². The summed E-state index contributed by atoms with van der Waals surface area (Å²) in [5.74, 6) is 1.02. The summed E-state index contributed by atoms with van der Waals surface area (Å²) >= 11 is 1.32. The van der Waals surface area contributed by atoms with Gasteiger partial charge in [-0.2, -0.15) is 0 Å². The Morgan fingerprint density at radius 2 is 2.00 bits per heavy atom. The summed E-state index contributed by atoms with van der Waals surface area (Å²) in [6, 6.07) is 5.46. The Kier molecular flexibility index (Phi) is 4.90. The summed E-state index contributed by atoms with van der Waals surface area (Å²) in [7, 11) is 3.19. The molecule has 8 heteroatoms. The number of rotatable bonds is 5. The largest absolute Gasteiger partial charge is 0.497 e. The Balaban J connectivity index is 1.83. The maximum Gasteiger partial charge on any atom is 0.277 e. The summed E-state index contributed by atoms with van der Waals surface area (Å²) in [6.07, 6.45) is 2.98. The van der Waals surface area contributed by atoms with Crippen LogP contribution in [0, 0.1) is 6.92 Å². The van der Waals surface area contributed by atoms with E-state index < -0.39 is 0 Å². The minimum Gasteiger partial charge on any atom is -0.497 e. The lowest BCUT2D eigenvalue weighted by molar-refractivity contribution is 0.102.